The van der Waals surface area contributed by atoms with E-state index in [1.54, 1.807) is 11.3 Å². The van der Waals surface area contributed by atoms with Gasteiger partial charge in [0.25, 0.3) is 0 Å². The number of hydrogen-bond donors (Lipinski definition) is 0. The molecule has 4 aromatic rings. The van der Waals surface area contributed by atoms with E-state index in [1.807, 2.05) is 23.1 Å². The Morgan fingerprint density at radius 1 is 0.706 bits per heavy atom. The topological polar surface area (TPSA) is 75.7 Å². The third-order valence-electron chi connectivity index (χ3n) is 6.54. The summed E-state index contributed by atoms with van der Waals surface area (Å²) in [5.74, 6) is -12.9. The molecular formula is C32H31F9O5S5. The maximum Gasteiger partial charge on any atom is 0.460 e. The number of rotatable bonds is 16. The number of thiophene rings is 2. The van der Waals surface area contributed by atoms with Crippen LogP contribution >= 0.6 is 34.4 Å². The van der Waals surface area contributed by atoms with Gasteiger partial charge >= 0.3 is 23.3 Å². The maximum atomic E-state index is 12.2. The van der Waals surface area contributed by atoms with E-state index in [0.29, 0.717) is 0 Å². The lowest BCUT2D eigenvalue weighted by Crippen LogP contribution is -2.63. The Hall–Kier alpha value is -2.58. The second kappa shape index (κ2) is 18.0. The summed E-state index contributed by atoms with van der Waals surface area (Å²) in [6.45, 7) is 5.92. The fraction of sp³-hybridized carbons (Fsp3) is 0.375. The molecule has 282 valence electrons. The molecule has 0 saturated heterocycles. The van der Waals surface area contributed by atoms with Gasteiger partial charge in [-0.1, -0.05) is 55.9 Å². The molecule has 19 heteroatoms. The number of alkyl halides is 9. The van der Waals surface area contributed by atoms with Gasteiger partial charge in [0.2, 0.25) is 4.21 Å². The summed E-state index contributed by atoms with van der Waals surface area (Å²) in [7, 11) is -7.59. The first-order valence-electron chi connectivity index (χ1n) is 14.9. The first-order chi connectivity index (χ1) is 23.8. The largest absolute Gasteiger partial charge is 0.743 e. The van der Waals surface area contributed by atoms with Gasteiger partial charge < -0.3 is 14.0 Å². The standard InChI is InChI=1S/C28H31O2S4.C4HF9O3S/c1-3-5-19-29-22-9-13-24(14-10-22)34(25-15-11-23(12-16-25)30-20-6-4-2)28-18-17-27(33-28)32-26-8-7-21-31-26;5-1(6,3(9,10)11)2(7,8)4(12,13)17(14,15)16/h7-18,21H,3-6,19-20H2,1-2H3;(H,14,15,16)/q+1;/p-1. The molecule has 5 nitrogen and oxygen atoms in total. The number of halogens is 9. The predicted octanol–water partition coefficient (Wildman–Crippen LogP) is 11.4. The van der Waals surface area contributed by atoms with Crippen molar-refractivity contribution in [2.24, 2.45) is 0 Å². The SMILES string of the molecule is CCCCOc1ccc([S+](c2ccc(OCCCC)cc2)c2ccc(Sc3cccs3)s2)cc1.O=S(=O)([O-])C(F)(F)C(F)(F)C(F)(F)C(F)(F)F. The van der Waals surface area contributed by atoms with E-state index in [0.717, 1.165) is 50.4 Å². The van der Waals surface area contributed by atoms with Crippen LogP contribution in [0.4, 0.5) is 39.5 Å². The molecule has 0 aliphatic rings. The Bertz CT molecular complexity index is 1690. The molecule has 0 aliphatic carbocycles. The molecule has 0 radical (unpaired) electrons. The summed E-state index contributed by atoms with van der Waals surface area (Å²) in [4.78, 5) is 2.61. The monoisotopic (exact) mass is 826 g/mol. The van der Waals surface area contributed by atoms with E-state index in [1.165, 1.54) is 22.4 Å². The average molecular weight is 827 g/mol. The van der Waals surface area contributed by atoms with Crippen LogP contribution in [0.5, 0.6) is 11.5 Å². The minimum Gasteiger partial charge on any atom is -0.743 e. The molecule has 0 unspecified atom stereocenters. The summed E-state index contributed by atoms with van der Waals surface area (Å²) in [6.07, 6.45) is -2.71. The molecule has 0 atom stereocenters. The van der Waals surface area contributed by atoms with E-state index < -0.39 is 33.4 Å². The zero-order valence-corrected chi connectivity index (χ0v) is 30.8. The lowest BCUT2D eigenvalue weighted by Gasteiger charge is -2.34. The third kappa shape index (κ3) is 10.7. The Morgan fingerprint density at radius 2 is 1.20 bits per heavy atom. The molecule has 0 spiro atoms. The highest BCUT2D eigenvalue weighted by Crippen LogP contribution is 2.54. The zero-order chi connectivity index (χ0) is 38.1. The maximum absolute atomic E-state index is 12.2. The molecule has 0 amide bonds. The molecule has 0 fully saturated rings. The Kier molecular flexibility index (Phi) is 15.1. The predicted molar refractivity (Wildman–Crippen MR) is 179 cm³/mol. The summed E-state index contributed by atoms with van der Waals surface area (Å²) < 4.78 is 151. The molecular weight excluding hydrogens is 796 g/mol. The summed E-state index contributed by atoms with van der Waals surface area (Å²) in [5.41, 5.74) is 0. The quantitative estimate of drug-likeness (QED) is 0.0485. The molecule has 4 rings (SSSR count). The Morgan fingerprint density at radius 3 is 1.59 bits per heavy atom. The number of benzene rings is 2. The third-order valence-corrected chi connectivity index (χ3v) is 13.2. The molecule has 51 heavy (non-hydrogen) atoms. The number of ether oxygens (including phenoxy) is 2. The number of unbranched alkanes of at least 4 members (excludes halogenated alkanes) is 2. The van der Waals surface area contributed by atoms with Gasteiger partial charge in [0.15, 0.2) is 19.9 Å². The molecule has 0 aliphatic heterocycles. The second-order valence-electron chi connectivity index (χ2n) is 10.4. The van der Waals surface area contributed by atoms with Crippen LogP contribution in [0, 0.1) is 0 Å². The van der Waals surface area contributed by atoms with Gasteiger partial charge in [-0.05, 0) is 78.9 Å². The van der Waals surface area contributed by atoms with Crippen molar-refractivity contribution in [2.75, 3.05) is 13.2 Å². The Labute approximate surface area is 304 Å². The summed E-state index contributed by atoms with van der Waals surface area (Å²) in [5, 5.41) is -4.98. The first-order valence-corrected chi connectivity index (χ1v) is 20.1. The summed E-state index contributed by atoms with van der Waals surface area (Å²) >= 11 is 5.53. The van der Waals surface area contributed by atoms with Gasteiger partial charge in [-0.3, -0.25) is 0 Å². The Balaban J connectivity index is 0.000000351. The highest BCUT2D eigenvalue weighted by Gasteiger charge is 2.83. The fourth-order valence-corrected chi connectivity index (χ4v) is 10.2. The molecule has 2 aromatic carbocycles. The number of hydrogen-bond acceptors (Lipinski definition) is 8. The van der Waals surface area contributed by atoms with E-state index >= 15 is 0 Å². The fourth-order valence-electron chi connectivity index (χ4n) is 3.79. The lowest BCUT2D eigenvalue weighted by molar-refractivity contribution is -0.382. The van der Waals surface area contributed by atoms with Gasteiger partial charge in [0.05, 0.1) is 21.6 Å². The van der Waals surface area contributed by atoms with Crippen molar-refractivity contribution in [1.29, 1.82) is 0 Å². The van der Waals surface area contributed by atoms with Crippen LogP contribution in [0.1, 0.15) is 39.5 Å². The smallest absolute Gasteiger partial charge is 0.460 e. The zero-order valence-electron chi connectivity index (χ0n) is 26.7. The highest BCUT2D eigenvalue weighted by molar-refractivity contribution is 8.03. The van der Waals surface area contributed by atoms with E-state index in [9.17, 15) is 52.5 Å². The normalized spacial score (nSPS) is 12.8. The summed E-state index contributed by atoms with van der Waals surface area (Å²) in [6, 6.07) is 26.2. The minimum atomic E-state index is -7.43. The lowest BCUT2D eigenvalue weighted by atomic mass is 10.1. The van der Waals surface area contributed by atoms with Gasteiger partial charge in [-0.15, -0.1) is 11.3 Å². The van der Waals surface area contributed by atoms with Crippen molar-refractivity contribution < 1.29 is 62.0 Å². The van der Waals surface area contributed by atoms with Crippen molar-refractivity contribution in [2.45, 2.75) is 85.2 Å². The molecule has 2 heterocycles. The first kappa shape index (κ1) is 42.8. The molecule has 0 N–H and O–H groups in total. The van der Waals surface area contributed by atoms with Gasteiger partial charge in [-0.25, -0.2) is 8.42 Å². The highest BCUT2D eigenvalue weighted by atomic mass is 32.2. The minimum absolute atomic E-state index is 0.176. The van der Waals surface area contributed by atoms with Crippen LogP contribution in [0.3, 0.4) is 0 Å². The van der Waals surface area contributed by atoms with E-state index in [2.05, 4.69) is 92.0 Å². The van der Waals surface area contributed by atoms with Crippen molar-refractivity contribution in [1.82, 2.24) is 0 Å². The second-order valence-corrected chi connectivity index (χ2v) is 17.7. The molecule has 0 saturated carbocycles. The van der Waals surface area contributed by atoms with E-state index in [-0.39, 0.29) is 10.9 Å². The average Bonchev–Trinajstić information content (AvgIpc) is 3.75. The molecule has 2 aromatic heterocycles. The van der Waals surface area contributed by atoms with Crippen molar-refractivity contribution in [3.05, 3.63) is 78.2 Å². The van der Waals surface area contributed by atoms with Crippen LogP contribution in [0.15, 0.2) is 101 Å². The van der Waals surface area contributed by atoms with Crippen LogP contribution in [0.2, 0.25) is 0 Å². The van der Waals surface area contributed by atoms with Crippen molar-refractivity contribution in [3.8, 4) is 11.5 Å². The van der Waals surface area contributed by atoms with Crippen LogP contribution in [-0.2, 0) is 21.0 Å². The van der Waals surface area contributed by atoms with Crippen LogP contribution < -0.4 is 9.47 Å². The van der Waals surface area contributed by atoms with Gasteiger partial charge in [0.1, 0.15) is 22.4 Å². The van der Waals surface area contributed by atoms with Crippen LogP contribution in [0.25, 0.3) is 0 Å². The van der Waals surface area contributed by atoms with Crippen LogP contribution in [-0.4, -0.2) is 49.5 Å². The van der Waals surface area contributed by atoms with Gasteiger partial charge in [0, 0.05) is 6.07 Å². The molecule has 0 bridgehead atoms. The van der Waals surface area contributed by atoms with E-state index in [4.69, 9.17) is 9.47 Å². The van der Waals surface area contributed by atoms with Gasteiger partial charge in [-0.2, -0.15) is 39.5 Å². The van der Waals surface area contributed by atoms with Crippen molar-refractivity contribution >= 4 is 55.4 Å². The van der Waals surface area contributed by atoms with Crippen molar-refractivity contribution in [3.63, 3.8) is 0 Å².